The van der Waals surface area contributed by atoms with E-state index in [9.17, 15) is 41.3 Å². The van der Waals surface area contributed by atoms with Gasteiger partial charge in [0.05, 0.1) is 22.2 Å². The van der Waals surface area contributed by atoms with Crippen LogP contribution in [-0.2, 0) is 19.4 Å². The molecular weight excluding hydrogens is 462 g/mol. The summed E-state index contributed by atoms with van der Waals surface area (Å²) in [5, 5.41) is 16.8. The first-order valence-corrected chi connectivity index (χ1v) is 8.81. The van der Waals surface area contributed by atoms with Gasteiger partial charge in [0.2, 0.25) is 0 Å². The second-order valence-corrected chi connectivity index (χ2v) is 6.59. The molecule has 0 aliphatic heterocycles. The summed E-state index contributed by atoms with van der Waals surface area (Å²) in [6, 6.07) is 7.06. The maximum Gasteiger partial charge on any atom is 0.433 e. The van der Waals surface area contributed by atoms with E-state index in [0.29, 0.717) is 16.8 Å². The Morgan fingerprint density at radius 3 is 2.30 bits per heavy atom. The molecule has 1 heterocycles. The van der Waals surface area contributed by atoms with Crippen LogP contribution in [0.25, 0.3) is 0 Å². The molecule has 0 atom stereocenters. The van der Waals surface area contributed by atoms with Crippen molar-refractivity contribution in [2.75, 3.05) is 5.32 Å². The fourth-order valence-electron chi connectivity index (χ4n) is 2.73. The van der Waals surface area contributed by atoms with Gasteiger partial charge in [-0.15, -0.1) is 0 Å². The molecule has 1 aromatic heterocycles. The largest absolute Gasteiger partial charge is 0.457 e. The lowest BCUT2D eigenvalue weighted by atomic mass is 10.2. The maximum absolute atomic E-state index is 12.9. The number of carbonyl (C=O) groups is 1. The second kappa shape index (κ2) is 8.44. The minimum Gasteiger partial charge on any atom is -0.457 e. The summed E-state index contributed by atoms with van der Waals surface area (Å²) in [6.07, 6.45) is -9.42. The number of aryl methyl sites for hydroxylation is 1. The highest BCUT2D eigenvalue weighted by Crippen LogP contribution is 2.35. The van der Waals surface area contributed by atoms with E-state index in [0.717, 1.165) is 37.4 Å². The van der Waals surface area contributed by atoms with Crippen LogP contribution in [0.2, 0.25) is 0 Å². The third-order valence-electron chi connectivity index (χ3n) is 4.16. The summed E-state index contributed by atoms with van der Waals surface area (Å²) in [6.45, 7) is 0. The number of benzene rings is 2. The van der Waals surface area contributed by atoms with Crippen molar-refractivity contribution < 1.29 is 40.8 Å². The Morgan fingerprint density at radius 2 is 1.73 bits per heavy atom. The predicted molar refractivity (Wildman–Crippen MR) is 101 cm³/mol. The van der Waals surface area contributed by atoms with E-state index >= 15 is 0 Å². The molecule has 3 rings (SSSR count). The van der Waals surface area contributed by atoms with Gasteiger partial charge >= 0.3 is 12.4 Å². The highest BCUT2D eigenvalue weighted by Gasteiger charge is 2.36. The van der Waals surface area contributed by atoms with Crippen LogP contribution in [0.5, 0.6) is 11.5 Å². The van der Waals surface area contributed by atoms with E-state index in [1.807, 2.05) is 0 Å². The van der Waals surface area contributed by atoms with Gasteiger partial charge in [-0.1, -0.05) is 6.07 Å². The fraction of sp³-hybridized carbons (Fsp3) is 0.158. The van der Waals surface area contributed by atoms with Crippen LogP contribution in [-0.4, -0.2) is 20.6 Å². The van der Waals surface area contributed by atoms with Crippen molar-refractivity contribution in [3.63, 3.8) is 0 Å². The number of hydrogen-bond donors (Lipinski definition) is 1. The summed E-state index contributed by atoms with van der Waals surface area (Å²) in [4.78, 5) is 22.7. The van der Waals surface area contributed by atoms with Crippen molar-refractivity contribution >= 4 is 17.3 Å². The monoisotopic (exact) mass is 474 g/mol. The van der Waals surface area contributed by atoms with Gasteiger partial charge in [0.25, 0.3) is 11.6 Å². The van der Waals surface area contributed by atoms with Crippen molar-refractivity contribution in [3.05, 3.63) is 75.6 Å². The number of hydrogen-bond acceptors (Lipinski definition) is 5. The molecule has 0 radical (unpaired) electrons. The molecule has 3 aromatic rings. The topological polar surface area (TPSA) is 99.3 Å². The molecule has 14 heteroatoms. The van der Waals surface area contributed by atoms with Gasteiger partial charge in [0.1, 0.15) is 17.2 Å². The summed E-state index contributed by atoms with van der Waals surface area (Å²) < 4.78 is 83.1. The Balaban J connectivity index is 1.90. The average Bonchev–Trinajstić information content (AvgIpc) is 3.09. The van der Waals surface area contributed by atoms with Crippen LogP contribution in [0, 0.1) is 10.1 Å². The zero-order valence-corrected chi connectivity index (χ0v) is 16.4. The number of nitro groups is 1. The van der Waals surface area contributed by atoms with Gasteiger partial charge in [0, 0.05) is 25.2 Å². The summed E-state index contributed by atoms with van der Waals surface area (Å²) >= 11 is 0. The molecule has 0 saturated carbocycles. The fourth-order valence-corrected chi connectivity index (χ4v) is 2.73. The van der Waals surface area contributed by atoms with Gasteiger partial charge in [-0.25, -0.2) is 0 Å². The lowest BCUT2D eigenvalue weighted by molar-refractivity contribution is -0.384. The number of halogens is 6. The van der Waals surface area contributed by atoms with Gasteiger partial charge in [-0.3, -0.25) is 19.6 Å². The van der Waals surface area contributed by atoms with Crippen molar-refractivity contribution in [1.29, 1.82) is 0 Å². The molecule has 174 valence electrons. The number of amides is 1. The van der Waals surface area contributed by atoms with Crippen LogP contribution >= 0.6 is 0 Å². The van der Waals surface area contributed by atoms with Gasteiger partial charge in [-0.05, 0) is 18.2 Å². The number of aromatic nitrogens is 2. The third kappa shape index (κ3) is 5.58. The number of nitrogens with zero attached hydrogens (tertiary/aromatic N) is 3. The number of carbonyl (C=O) groups excluding carboxylic acids is 1. The van der Waals surface area contributed by atoms with E-state index in [4.69, 9.17) is 4.74 Å². The quantitative estimate of drug-likeness (QED) is 0.303. The summed E-state index contributed by atoms with van der Waals surface area (Å²) in [5.41, 5.74) is -3.67. The van der Waals surface area contributed by atoms with Crippen molar-refractivity contribution in [2.45, 2.75) is 12.4 Å². The van der Waals surface area contributed by atoms with Crippen LogP contribution < -0.4 is 10.1 Å². The minimum atomic E-state index is -4.77. The highest BCUT2D eigenvalue weighted by atomic mass is 19.4. The van der Waals surface area contributed by atoms with E-state index in [-0.39, 0.29) is 17.2 Å². The van der Waals surface area contributed by atoms with Crippen LogP contribution in [0.3, 0.4) is 0 Å². The van der Waals surface area contributed by atoms with Crippen molar-refractivity contribution in [1.82, 2.24) is 9.78 Å². The maximum atomic E-state index is 12.9. The summed E-state index contributed by atoms with van der Waals surface area (Å²) in [7, 11) is 0.980. The Labute approximate surface area is 180 Å². The standard InChI is InChI=1S/C19H12F6N4O4/c1-28-16(19(23,24)25)9-15(27-28)17(30)26-11-6-12(29(31)32)8-14(7-11)33-13-4-2-3-10(5-13)18(20,21)22/h2-9H,1H3,(H,26,30). The number of anilines is 1. The molecule has 0 fully saturated rings. The highest BCUT2D eigenvalue weighted by molar-refractivity contribution is 6.03. The number of nitrogens with one attached hydrogen (secondary N) is 1. The van der Waals surface area contributed by atoms with Crippen LogP contribution in [0.4, 0.5) is 37.7 Å². The number of alkyl halides is 6. The number of rotatable bonds is 5. The number of non-ortho nitro benzene ring substituents is 1. The van der Waals surface area contributed by atoms with Gasteiger partial charge in [0.15, 0.2) is 5.69 Å². The molecule has 0 unspecified atom stereocenters. The van der Waals surface area contributed by atoms with E-state index < -0.39 is 45.8 Å². The molecule has 0 aliphatic carbocycles. The predicted octanol–water partition coefficient (Wildman–Crippen LogP) is 5.41. The Morgan fingerprint density at radius 1 is 1.03 bits per heavy atom. The normalized spacial score (nSPS) is 11.8. The molecule has 8 nitrogen and oxygen atoms in total. The third-order valence-corrected chi connectivity index (χ3v) is 4.16. The van der Waals surface area contributed by atoms with E-state index in [2.05, 4.69) is 10.4 Å². The van der Waals surface area contributed by atoms with Crippen molar-refractivity contribution in [3.8, 4) is 11.5 Å². The van der Waals surface area contributed by atoms with Crippen LogP contribution in [0.15, 0.2) is 48.5 Å². The Kier molecular flexibility index (Phi) is 6.03. The zero-order valence-electron chi connectivity index (χ0n) is 16.4. The van der Waals surface area contributed by atoms with E-state index in [1.165, 1.54) is 6.07 Å². The van der Waals surface area contributed by atoms with Crippen molar-refractivity contribution in [2.24, 2.45) is 7.05 Å². The molecular formula is C19H12F6N4O4. The minimum absolute atomic E-state index is 0.254. The molecule has 0 bridgehead atoms. The second-order valence-electron chi connectivity index (χ2n) is 6.59. The molecule has 1 N–H and O–H groups in total. The molecule has 33 heavy (non-hydrogen) atoms. The van der Waals surface area contributed by atoms with Gasteiger partial charge in [-0.2, -0.15) is 31.4 Å². The smallest absolute Gasteiger partial charge is 0.433 e. The lowest BCUT2D eigenvalue weighted by Gasteiger charge is -2.11. The average molecular weight is 474 g/mol. The number of nitro benzene ring substituents is 1. The van der Waals surface area contributed by atoms with E-state index in [1.54, 1.807) is 0 Å². The SMILES string of the molecule is Cn1nc(C(=O)Nc2cc(Oc3cccc(C(F)(F)F)c3)cc([N+](=O)[O-])c2)cc1C(F)(F)F. The first-order valence-electron chi connectivity index (χ1n) is 8.81. The molecule has 0 aliphatic rings. The first-order chi connectivity index (χ1) is 15.2. The van der Waals surface area contributed by atoms with Crippen LogP contribution in [0.1, 0.15) is 21.7 Å². The molecule has 0 spiro atoms. The van der Waals surface area contributed by atoms with Gasteiger partial charge < -0.3 is 10.1 Å². The molecule has 1 amide bonds. The molecule has 2 aromatic carbocycles. The Hall–Kier alpha value is -4.10. The summed E-state index contributed by atoms with van der Waals surface area (Å²) in [5.74, 6) is -1.69. The Bertz CT molecular complexity index is 1220. The zero-order chi connectivity index (χ0) is 24.6. The molecule has 0 saturated heterocycles. The lowest BCUT2D eigenvalue weighted by Crippen LogP contribution is -2.13. The first kappa shape index (κ1) is 23.6. The number of ether oxygens (including phenoxy) is 1.